The van der Waals surface area contributed by atoms with E-state index in [2.05, 4.69) is 9.46 Å². The molecule has 0 N–H and O–H groups in total. The molecule has 0 saturated heterocycles. The van der Waals surface area contributed by atoms with E-state index in [0.29, 0.717) is 16.0 Å². The SMILES string of the molecule is O=C(OO[SiH3])c1ccccc1. The minimum Gasteiger partial charge on any atom is -0.306 e. The fraction of sp³-hybridized carbons (Fsp3) is 0. The Balaban J connectivity index is 2.69. The standard InChI is InChI=1S/C7H8O3Si/c8-7(9-10-11)6-4-2-1-3-5-6/h1-5H,11H3. The second-order valence-corrected chi connectivity index (χ2v) is 2.24. The van der Waals surface area contributed by atoms with E-state index in [1.165, 1.54) is 0 Å². The van der Waals surface area contributed by atoms with Gasteiger partial charge in [0, 0.05) is 0 Å². The maximum atomic E-state index is 10.9. The van der Waals surface area contributed by atoms with Gasteiger partial charge in [-0.15, -0.1) is 0 Å². The molecule has 1 aromatic carbocycles. The summed E-state index contributed by atoms with van der Waals surface area (Å²) in [5, 5.41) is 0. The van der Waals surface area contributed by atoms with Gasteiger partial charge in [0.25, 0.3) is 0 Å². The van der Waals surface area contributed by atoms with E-state index in [1.807, 2.05) is 6.07 Å². The summed E-state index contributed by atoms with van der Waals surface area (Å²) in [6.45, 7) is 0. The molecule has 1 aromatic rings. The third-order valence-electron chi connectivity index (χ3n) is 1.17. The lowest BCUT2D eigenvalue weighted by Crippen LogP contribution is -2.03. The van der Waals surface area contributed by atoms with E-state index in [9.17, 15) is 4.79 Å². The van der Waals surface area contributed by atoms with E-state index in [0.717, 1.165) is 0 Å². The summed E-state index contributed by atoms with van der Waals surface area (Å²) in [7, 11) is 0.395. The van der Waals surface area contributed by atoms with Gasteiger partial charge in [0.15, 0.2) is 0 Å². The fourth-order valence-electron chi connectivity index (χ4n) is 0.698. The Hall–Kier alpha value is -1.13. The third kappa shape index (κ3) is 2.17. The average molecular weight is 168 g/mol. The minimum absolute atomic E-state index is 0.395. The lowest BCUT2D eigenvalue weighted by molar-refractivity contribution is -0.145. The predicted octanol–water partition coefficient (Wildman–Crippen LogP) is 0.0554. The summed E-state index contributed by atoms with van der Waals surface area (Å²) in [6, 6.07) is 8.71. The summed E-state index contributed by atoms with van der Waals surface area (Å²) in [5.41, 5.74) is 0.503. The van der Waals surface area contributed by atoms with Gasteiger partial charge in [-0.25, -0.2) is 4.79 Å². The number of hydrogen-bond acceptors (Lipinski definition) is 3. The number of rotatable bonds is 2. The van der Waals surface area contributed by atoms with Gasteiger partial charge in [0.05, 0.1) is 5.56 Å². The Morgan fingerprint density at radius 2 is 1.91 bits per heavy atom. The average Bonchev–Trinajstić information content (AvgIpc) is 2.07. The van der Waals surface area contributed by atoms with Crippen LogP contribution >= 0.6 is 0 Å². The molecular weight excluding hydrogens is 160 g/mol. The number of hydrogen-bond donors (Lipinski definition) is 0. The van der Waals surface area contributed by atoms with Gasteiger partial charge in [0.1, 0.15) is 0 Å². The van der Waals surface area contributed by atoms with Crippen LogP contribution in [0, 0.1) is 0 Å². The highest BCUT2D eigenvalue weighted by molar-refractivity contribution is 5.98. The summed E-state index contributed by atoms with van der Waals surface area (Å²) in [5.74, 6) is -0.444. The Morgan fingerprint density at radius 3 is 2.45 bits per heavy atom. The first kappa shape index (κ1) is 7.97. The Bertz CT molecular complexity index is 235. The molecule has 0 atom stereocenters. The van der Waals surface area contributed by atoms with E-state index < -0.39 is 5.97 Å². The molecular formula is C7H8O3Si. The zero-order chi connectivity index (χ0) is 8.10. The first-order valence-corrected chi connectivity index (χ1v) is 3.96. The molecule has 0 bridgehead atoms. The maximum Gasteiger partial charge on any atom is 0.371 e. The molecule has 0 radical (unpaired) electrons. The third-order valence-corrected chi connectivity index (χ3v) is 1.34. The van der Waals surface area contributed by atoms with Crippen LogP contribution in [0.3, 0.4) is 0 Å². The highest BCUT2D eigenvalue weighted by Gasteiger charge is 2.04. The van der Waals surface area contributed by atoms with Crippen LogP contribution in [0.5, 0.6) is 0 Å². The maximum absolute atomic E-state index is 10.9. The smallest absolute Gasteiger partial charge is 0.306 e. The monoisotopic (exact) mass is 168 g/mol. The number of benzene rings is 1. The second-order valence-electron chi connectivity index (χ2n) is 1.90. The molecule has 0 amide bonds. The zero-order valence-corrected chi connectivity index (χ0v) is 8.11. The highest BCUT2D eigenvalue weighted by Crippen LogP contribution is 1.99. The molecule has 3 nitrogen and oxygen atoms in total. The van der Waals surface area contributed by atoms with Crippen molar-refractivity contribution in [1.29, 1.82) is 0 Å². The van der Waals surface area contributed by atoms with Crippen LogP contribution in [-0.4, -0.2) is 16.5 Å². The minimum atomic E-state index is -0.444. The lowest BCUT2D eigenvalue weighted by atomic mass is 10.2. The summed E-state index contributed by atoms with van der Waals surface area (Å²) < 4.78 is 4.35. The fourth-order valence-corrected chi connectivity index (χ4v) is 0.849. The molecule has 11 heavy (non-hydrogen) atoms. The van der Waals surface area contributed by atoms with Gasteiger partial charge in [0.2, 0.25) is 10.5 Å². The van der Waals surface area contributed by atoms with Crippen LogP contribution in [0.1, 0.15) is 10.4 Å². The van der Waals surface area contributed by atoms with Crippen LogP contribution in [0.2, 0.25) is 0 Å². The largest absolute Gasteiger partial charge is 0.371 e. The van der Waals surface area contributed by atoms with Crippen LogP contribution in [-0.2, 0) is 9.46 Å². The normalized spacial score (nSPS) is 9.45. The second kappa shape index (κ2) is 3.90. The molecule has 1 rings (SSSR count). The summed E-state index contributed by atoms with van der Waals surface area (Å²) in [6.07, 6.45) is 0. The lowest BCUT2D eigenvalue weighted by Gasteiger charge is -1.98. The van der Waals surface area contributed by atoms with Crippen molar-refractivity contribution in [3.05, 3.63) is 35.9 Å². The zero-order valence-electron chi connectivity index (χ0n) is 6.11. The molecule has 0 heterocycles. The first-order chi connectivity index (χ1) is 5.34. The first-order valence-electron chi connectivity index (χ1n) is 3.14. The van der Waals surface area contributed by atoms with Crippen LogP contribution in [0.4, 0.5) is 0 Å². The van der Waals surface area contributed by atoms with Crippen LogP contribution in [0.25, 0.3) is 0 Å². The van der Waals surface area contributed by atoms with Crippen molar-refractivity contribution in [2.75, 3.05) is 0 Å². The Labute approximate surface area is 67.4 Å². The van der Waals surface area contributed by atoms with Gasteiger partial charge in [-0.05, 0) is 12.1 Å². The van der Waals surface area contributed by atoms with Gasteiger partial charge >= 0.3 is 5.97 Å². The van der Waals surface area contributed by atoms with Crippen molar-refractivity contribution in [3.63, 3.8) is 0 Å². The molecule has 0 spiro atoms. The highest BCUT2D eigenvalue weighted by atomic mass is 28.2. The van der Waals surface area contributed by atoms with Crippen molar-refractivity contribution < 1.29 is 14.3 Å². The van der Waals surface area contributed by atoms with Crippen LogP contribution in [0.15, 0.2) is 30.3 Å². The Morgan fingerprint density at radius 1 is 1.27 bits per heavy atom. The molecule has 0 aliphatic heterocycles. The van der Waals surface area contributed by atoms with Gasteiger partial charge in [-0.2, -0.15) is 0 Å². The van der Waals surface area contributed by atoms with E-state index in [4.69, 9.17) is 0 Å². The van der Waals surface area contributed by atoms with Gasteiger partial charge in [-0.1, -0.05) is 18.2 Å². The van der Waals surface area contributed by atoms with E-state index in [1.54, 1.807) is 24.3 Å². The number of carbonyl (C=O) groups is 1. The number of carbonyl (C=O) groups excluding carboxylic acids is 1. The van der Waals surface area contributed by atoms with E-state index in [-0.39, 0.29) is 0 Å². The van der Waals surface area contributed by atoms with Crippen molar-refractivity contribution in [3.8, 4) is 0 Å². The van der Waals surface area contributed by atoms with Crippen molar-refractivity contribution in [2.45, 2.75) is 0 Å². The molecule has 0 aliphatic rings. The van der Waals surface area contributed by atoms with Crippen molar-refractivity contribution >= 4 is 16.5 Å². The molecule has 4 heteroatoms. The molecule has 0 aromatic heterocycles. The quantitative estimate of drug-likeness (QED) is 0.356. The van der Waals surface area contributed by atoms with Crippen molar-refractivity contribution in [2.24, 2.45) is 0 Å². The van der Waals surface area contributed by atoms with Crippen molar-refractivity contribution in [1.82, 2.24) is 0 Å². The summed E-state index contributed by atoms with van der Waals surface area (Å²) in [4.78, 5) is 15.3. The summed E-state index contributed by atoms with van der Waals surface area (Å²) >= 11 is 0. The molecule has 0 aliphatic carbocycles. The van der Waals surface area contributed by atoms with Gasteiger partial charge < -0.3 is 4.89 Å². The van der Waals surface area contributed by atoms with E-state index >= 15 is 0 Å². The molecule has 0 unspecified atom stereocenters. The van der Waals surface area contributed by atoms with Gasteiger partial charge in [-0.3, -0.25) is 4.58 Å². The molecule has 0 fully saturated rings. The Kier molecular flexibility index (Phi) is 2.82. The van der Waals surface area contributed by atoms with Crippen LogP contribution < -0.4 is 0 Å². The molecule has 0 saturated carbocycles. The molecule has 58 valence electrons. The topological polar surface area (TPSA) is 35.5 Å². The predicted molar refractivity (Wildman–Crippen MR) is 42.9 cm³/mol.